The van der Waals surface area contributed by atoms with Gasteiger partial charge < -0.3 is 19.9 Å². The topological polar surface area (TPSA) is 84.9 Å². The molecule has 3 rings (SSSR count). The molecule has 1 atom stereocenters. The van der Waals surface area contributed by atoms with Gasteiger partial charge in [0.2, 0.25) is 6.10 Å². The summed E-state index contributed by atoms with van der Waals surface area (Å²) in [7, 11) is 0. The number of rotatable bonds is 4. The normalized spacial score (nSPS) is 15.7. The molecule has 0 saturated carbocycles. The molecule has 0 spiro atoms. The van der Waals surface area contributed by atoms with E-state index in [9.17, 15) is 9.59 Å². The molecule has 0 fully saturated rings. The van der Waals surface area contributed by atoms with Gasteiger partial charge in [-0.15, -0.1) is 0 Å². The first kappa shape index (κ1) is 14.9. The van der Waals surface area contributed by atoms with Gasteiger partial charge in [0, 0.05) is 5.69 Å². The van der Waals surface area contributed by atoms with Crippen LogP contribution in [0.4, 0.5) is 5.69 Å². The van der Waals surface area contributed by atoms with Crippen LogP contribution in [0.5, 0.6) is 11.5 Å². The monoisotopic (exact) mass is 313 g/mol. The molecule has 6 heteroatoms. The summed E-state index contributed by atoms with van der Waals surface area (Å²) in [4.78, 5) is 22.9. The first-order valence-electron chi connectivity index (χ1n) is 7.12. The van der Waals surface area contributed by atoms with Gasteiger partial charge in [0.1, 0.15) is 6.61 Å². The van der Waals surface area contributed by atoms with Crippen LogP contribution in [0.2, 0.25) is 0 Å². The summed E-state index contributed by atoms with van der Waals surface area (Å²) in [5.74, 6) is -0.0519. The van der Waals surface area contributed by atoms with E-state index in [1.807, 2.05) is 12.1 Å². The van der Waals surface area contributed by atoms with Crippen LogP contribution in [-0.4, -0.2) is 29.7 Å². The zero-order valence-corrected chi connectivity index (χ0v) is 12.2. The van der Waals surface area contributed by atoms with E-state index in [1.54, 1.807) is 36.4 Å². The number of nitrogens with one attached hydrogen (secondary N) is 1. The lowest BCUT2D eigenvalue weighted by Gasteiger charge is -2.25. The molecule has 0 saturated heterocycles. The van der Waals surface area contributed by atoms with E-state index in [0.29, 0.717) is 22.7 Å². The summed E-state index contributed by atoms with van der Waals surface area (Å²) < 4.78 is 11.1. The van der Waals surface area contributed by atoms with Crippen LogP contribution in [0, 0.1) is 0 Å². The number of amides is 1. The van der Waals surface area contributed by atoms with E-state index in [-0.39, 0.29) is 18.9 Å². The summed E-state index contributed by atoms with van der Waals surface area (Å²) in [6.07, 6.45) is -0.784. The number of carboxylic acid groups (broad SMARTS) is 1. The van der Waals surface area contributed by atoms with E-state index < -0.39 is 12.1 Å². The van der Waals surface area contributed by atoms with Gasteiger partial charge in [0.05, 0.1) is 6.42 Å². The molecule has 0 aliphatic carbocycles. The Bertz CT molecular complexity index is 726. The van der Waals surface area contributed by atoms with Crippen molar-refractivity contribution >= 4 is 17.6 Å². The van der Waals surface area contributed by atoms with Crippen LogP contribution < -0.4 is 14.8 Å². The van der Waals surface area contributed by atoms with E-state index in [1.165, 1.54) is 0 Å². The zero-order valence-electron chi connectivity index (χ0n) is 12.2. The Labute approximate surface area is 132 Å². The molecule has 2 aromatic carbocycles. The summed E-state index contributed by atoms with van der Waals surface area (Å²) >= 11 is 0. The van der Waals surface area contributed by atoms with E-state index >= 15 is 0 Å². The van der Waals surface area contributed by atoms with Crippen molar-refractivity contribution in [1.82, 2.24) is 0 Å². The van der Waals surface area contributed by atoms with Gasteiger partial charge >= 0.3 is 5.97 Å². The molecule has 2 N–H and O–H groups in total. The van der Waals surface area contributed by atoms with Crippen LogP contribution in [0.15, 0.2) is 48.5 Å². The minimum atomic E-state index is -0.895. The fourth-order valence-electron chi connectivity index (χ4n) is 2.25. The Balaban J connectivity index is 1.62. The summed E-state index contributed by atoms with van der Waals surface area (Å²) in [5, 5.41) is 11.5. The molecule has 1 aliphatic heterocycles. The van der Waals surface area contributed by atoms with Crippen molar-refractivity contribution in [2.24, 2.45) is 0 Å². The lowest BCUT2D eigenvalue weighted by molar-refractivity contribution is -0.136. The SMILES string of the molecule is O=C(O)Cc1ccc(NC(=O)C2COc3ccccc3O2)cc1. The van der Waals surface area contributed by atoms with Crippen molar-refractivity contribution in [3.05, 3.63) is 54.1 Å². The molecule has 1 aliphatic rings. The lowest BCUT2D eigenvalue weighted by atomic mass is 10.1. The second-order valence-corrected chi connectivity index (χ2v) is 5.12. The average Bonchev–Trinajstić information content (AvgIpc) is 2.55. The van der Waals surface area contributed by atoms with Crippen LogP contribution in [0.1, 0.15) is 5.56 Å². The maximum Gasteiger partial charge on any atom is 0.307 e. The van der Waals surface area contributed by atoms with E-state index in [4.69, 9.17) is 14.6 Å². The fraction of sp³-hybridized carbons (Fsp3) is 0.176. The van der Waals surface area contributed by atoms with Gasteiger partial charge in [-0.05, 0) is 29.8 Å². The van der Waals surface area contributed by atoms with Gasteiger partial charge in [0.15, 0.2) is 11.5 Å². The molecule has 0 bridgehead atoms. The maximum atomic E-state index is 12.2. The minimum absolute atomic E-state index is 0.0510. The third kappa shape index (κ3) is 3.60. The molecule has 1 heterocycles. The smallest absolute Gasteiger partial charge is 0.307 e. The van der Waals surface area contributed by atoms with Gasteiger partial charge in [0.25, 0.3) is 5.91 Å². The second kappa shape index (κ2) is 6.39. The number of benzene rings is 2. The number of hydrogen-bond acceptors (Lipinski definition) is 4. The van der Waals surface area contributed by atoms with Gasteiger partial charge in [-0.2, -0.15) is 0 Å². The molecule has 6 nitrogen and oxygen atoms in total. The molecule has 118 valence electrons. The number of para-hydroxylation sites is 2. The van der Waals surface area contributed by atoms with Crippen LogP contribution in [0.3, 0.4) is 0 Å². The van der Waals surface area contributed by atoms with Gasteiger partial charge in [-0.1, -0.05) is 24.3 Å². The van der Waals surface area contributed by atoms with Crippen molar-refractivity contribution in [2.45, 2.75) is 12.5 Å². The average molecular weight is 313 g/mol. The van der Waals surface area contributed by atoms with Crippen molar-refractivity contribution < 1.29 is 24.2 Å². The van der Waals surface area contributed by atoms with Crippen LogP contribution in [0.25, 0.3) is 0 Å². The van der Waals surface area contributed by atoms with Gasteiger partial charge in [-0.25, -0.2) is 0 Å². The number of ether oxygens (including phenoxy) is 2. The number of anilines is 1. The predicted molar refractivity (Wildman–Crippen MR) is 82.8 cm³/mol. The molecule has 0 aromatic heterocycles. The van der Waals surface area contributed by atoms with Gasteiger partial charge in [-0.3, -0.25) is 9.59 Å². The highest BCUT2D eigenvalue weighted by Crippen LogP contribution is 2.31. The first-order valence-corrected chi connectivity index (χ1v) is 7.12. The summed E-state index contributed by atoms with van der Waals surface area (Å²) in [6.45, 7) is 0.139. The van der Waals surface area contributed by atoms with Crippen LogP contribution in [-0.2, 0) is 16.0 Å². The van der Waals surface area contributed by atoms with Crippen molar-refractivity contribution in [3.8, 4) is 11.5 Å². The molecule has 1 amide bonds. The number of carbonyl (C=O) groups excluding carboxylic acids is 1. The highest BCUT2D eigenvalue weighted by atomic mass is 16.6. The molecular weight excluding hydrogens is 298 g/mol. The molecular formula is C17H15NO5. The van der Waals surface area contributed by atoms with E-state index in [0.717, 1.165) is 0 Å². The standard InChI is InChI=1S/C17H15NO5/c19-16(20)9-11-5-7-12(8-6-11)18-17(21)15-10-22-13-3-1-2-4-14(13)23-15/h1-8,15H,9-10H2,(H,18,21)(H,19,20). The van der Waals surface area contributed by atoms with Crippen molar-refractivity contribution in [2.75, 3.05) is 11.9 Å². The number of carbonyl (C=O) groups is 2. The third-order valence-electron chi connectivity index (χ3n) is 3.38. The Morgan fingerprint density at radius 2 is 1.78 bits per heavy atom. The summed E-state index contributed by atoms with van der Waals surface area (Å²) in [5.41, 5.74) is 1.24. The largest absolute Gasteiger partial charge is 0.485 e. The number of fused-ring (bicyclic) bond motifs is 1. The number of hydrogen-bond donors (Lipinski definition) is 2. The second-order valence-electron chi connectivity index (χ2n) is 5.12. The van der Waals surface area contributed by atoms with Crippen LogP contribution >= 0.6 is 0 Å². The minimum Gasteiger partial charge on any atom is -0.485 e. The zero-order chi connectivity index (χ0) is 16.2. The summed E-state index contributed by atoms with van der Waals surface area (Å²) in [6, 6.07) is 13.8. The first-order chi connectivity index (χ1) is 11.1. The number of aliphatic carboxylic acids is 1. The molecule has 0 radical (unpaired) electrons. The Kier molecular flexibility index (Phi) is 4.14. The quantitative estimate of drug-likeness (QED) is 0.903. The molecule has 2 aromatic rings. The maximum absolute atomic E-state index is 12.2. The Hall–Kier alpha value is -3.02. The van der Waals surface area contributed by atoms with Crippen molar-refractivity contribution in [3.63, 3.8) is 0 Å². The predicted octanol–water partition coefficient (Wildman–Crippen LogP) is 2.09. The van der Waals surface area contributed by atoms with E-state index in [2.05, 4.69) is 5.32 Å². The lowest BCUT2D eigenvalue weighted by Crippen LogP contribution is -2.40. The van der Waals surface area contributed by atoms with Crippen molar-refractivity contribution in [1.29, 1.82) is 0 Å². The number of carboxylic acids is 1. The fourth-order valence-corrected chi connectivity index (χ4v) is 2.25. The highest BCUT2D eigenvalue weighted by molar-refractivity contribution is 5.94. The Morgan fingerprint density at radius 3 is 2.48 bits per heavy atom. The third-order valence-corrected chi connectivity index (χ3v) is 3.38. The highest BCUT2D eigenvalue weighted by Gasteiger charge is 2.27. The Morgan fingerprint density at radius 1 is 1.09 bits per heavy atom. The molecule has 1 unspecified atom stereocenters. The molecule has 23 heavy (non-hydrogen) atoms.